The van der Waals surface area contributed by atoms with Gasteiger partial charge in [0.15, 0.2) is 0 Å². The molecule has 4 aromatic carbocycles. The minimum atomic E-state index is 1.00. The Morgan fingerprint density at radius 2 is 1.48 bits per heavy atom. The summed E-state index contributed by atoms with van der Waals surface area (Å²) in [6.45, 7) is 10.9. The summed E-state index contributed by atoms with van der Waals surface area (Å²) in [7, 11) is 0. The number of nitrogens with zero attached hydrogens (tertiary/aromatic N) is 3. The van der Waals surface area contributed by atoms with Crippen molar-refractivity contribution in [2.24, 2.45) is 0 Å². The van der Waals surface area contributed by atoms with Crippen LogP contribution in [0, 0.1) is 13.8 Å². The third kappa shape index (κ3) is 6.54. The zero-order valence-electron chi connectivity index (χ0n) is 28.4. The van der Waals surface area contributed by atoms with Crippen molar-refractivity contribution in [3.8, 4) is 0 Å². The summed E-state index contributed by atoms with van der Waals surface area (Å²) in [6, 6.07) is 35.4. The van der Waals surface area contributed by atoms with Crippen LogP contribution in [0.1, 0.15) is 55.7 Å². The van der Waals surface area contributed by atoms with Gasteiger partial charge in [-0.05, 0) is 110 Å². The first-order valence-corrected chi connectivity index (χ1v) is 18.9. The third-order valence-electron chi connectivity index (χ3n) is 9.04. The van der Waals surface area contributed by atoms with E-state index in [0.29, 0.717) is 0 Å². The number of para-hydroxylation sites is 2. The lowest BCUT2D eigenvalue weighted by Gasteiger charge is -2.28. The van der Waals surface area contributed by atoms with Gasteiger partial charge in [-0.25, -0.2) is 0 Å². The molecule has 0 unspecified atom stereocenters. The normalized spacial score (nSPS) is 16.3. The average Bonchev–Trinajstić information content (AvgIpc) is 3.77. The number of thioether (sulfide) groups is 1. The highest BCUT2D eigenvalue weighted by molar-refractivity contribution is 8.03. The van der Waals surface area contributed by atoms with Crippen LogP contribution in [-0.2, 0) is 6.54 Å². The van der Waals surface area contributed by atoms with Gasteiger partial charge >= 0.3 is 0 Å². The topological polar surface area (TPSA) is 10.4 Å². The van der Waals surface area contributed by atoms with E-state index in [1.54, 1.807) is 0 Å². The summed E-state index contributed by atoms with van der Waals surface area (Å²) >= 11 is 3.79. The van der Waals surface area contributed by atoms with Gasteiger partial charge in [-0.15, -0.1) is 0 Å². The summed E-state index contributed by atoms with van der Waals surface area (Å²) < 4.78 is 3.85. The van der Waals surface area contributed by atoms with E-state index in [1.807, 2.05) is 23.1 Å². The molecular formula is C43H44N3S2+. The number of rotatable bonds is 10. The van der Waals surface area contributed by atoms with Crippen molar-refractivity contribution in [2.75, 3.05) is 16.3 Å². The van der Waals surface area contributed by atoms with Gasteiger partial charge in [0.05, 0.1) is 16.4 Å². The summed E-state index contributed by atoms with van der Waals surface area (Å²) in [5, 5.41) is 2.61. The monoisotopic (exact) mass is 666 g/mol. The molecule has 1 aromatic heterocycles. The van der Waals surface area contributed by atoms with E-state index < -0.39 is 0 Å². The molecule has 0 saturated heterocycles. The number of anilines is 3. The first-order valence-electron chi connectivity index (χ1n) is 17.3. The van der Waals surface area contributed by atoms with Gasteiger partial charge in [0.2, 0.25) is 5.52 Å². The van der Waals surface area contributed by atoms with Crippen LogP contribution < -0.4 is 14.4 Å². The Morgan fingerprint density at radius 3 is 2.19 bits per heavy atom. The maximum atomic E-state index is 2.50. The minimum Gasteiger partial charge on any atom is -0.335 e. The molecular weight excluding hydrogens is 623 g/mol. The van der Waals surface area contributed by atoms with E-state index in [9.17, 15) is 0 Å². The highest BCUT2D eigenvalue weighted by Crippen LogP contribution is 2.47. The molecule has 0 radical (unpaired) electrons. The van der Waals surface area contributed by atoms with E-state index in [2.05, 4.69) is 163 Å². The molecule has 5 aromatic rings. The van der Waals surface area contributed by atoms with E-state index in [1.165, 1.54) is 70.2 Å². The summed E-state index contributed by atoms with van der Waals surface area (Å²) in [6.07, 6.45) is 13.8. The number of fused-ring (bicyclic) bond motifs is 2. The van der Waals surface area contributed by atoms with Gasteiger partial charge in [-0.2, -0.15) is 4.57 Å². The van der Waals surface area contributed by atoms with Gasteiger partial charge in [-0.1, -0.05) is 91.6 Å². The second kappa shape index (κ2) is 14.4. The minimum absolute atomic E-state index is 1.00. The summed E-state index contributed by atoms with van der Waals surface area (Å²) in [5.74, 6) is 0. The Balaban J connectivity index is 1.36. The predicted molar refractivity (Wildman–Crippen MR) is 208 cm³/mol. The molecule has 48 heavy (non-hydrogen) atoms. The molecule has 0 N–H and O–H groups in total. The van der Waals surface area contributed by atoms with E-state index in [4.69, 9.17) is 0 Å². The van der Waals surface area contributed by atoms with Crippen molar-refractivity contribution in [1.29, 1.82) is 0 Å². The van der Waals surface area contributed by atoms with Crippen LogP contribution in [0.25, 0.3) is 16.3 Å². The Labute approximate surface area is 294 Å². The third-order valence-corrected chi connectivity index (χ3v) is 11.3. The fourth-order valence-electron chi connectivity index (χ4n) is 6.81. The average molecular weight is 667 g/mol. The zero-order valence-corrected chi connectivity index (χ0v) is 30.1. The molecule has 242 valence electrons. The first kappa shape index (κ1) is 32.2. The lowest BCUT2D eigenvalue weighted by molar-refractivity contribution is -0.668. The predicted octanol–water partition coefficient (Wildman–Crippen LogP) is 11.9. The second-order valence-corrected chi connectivity index (χ2v) is 14.8. The van der Waals surface area contributed by atoms with Crippen molar-refractivity contribution < 1.29 is 4.57 Å². The summed E-state index contributed by atoms with van der Waals surface area (Å²) in [5.41, 5.74) is 11.7. The maximum absolute atomic E-state index is 2.50. The fraction of sp³-hybridized carbons (Fsp3) is 0.233. The molecule has 1 aliphatic carbocycles. The SMILES string of the molecule is CCCN1C(=CC=C2CCC(C=Cc3sc4ccc(C)cc4[n+]3CCC)=C2N(c2ccccc2)c2ccccc2)Sc2ccc(C)cc21. The van der Waals surface area contributed by atoms with Crippen LogP contribution >= 0.6 is 23.1 Å². The number of benzene rings is 4. The Kier molecular flexibility index (Phi) is 9.69. The van der Waals surface area contributed by atoms with Crippen molar-refractivity contribution >= 4 is 56.5 Å². The molecule has 0 fully saturated rings. The molecule has 0 atom stereocenters. The number of thiazole rings is 1. The van der Waals surface area contributed by atoms with Crippen molar-refractivity contribution in [2.45, 2.75) is 64.8 Å². The molecule has 5 heteroatoms. The van der Waals surface area contributed by atoms with Crippen molar-refractivity contribution in [3.05, 3.63) is 153 Å². The van der Waals surface area contributed by atoms with Crippen molar-refractivity contribution in [3.63, 3.8) is 0 Å². The molecule has 2 heterocycles. The molecule has 0 spiro atoms. The second-order valence-electron chi connectivity index (χ2n) is 12.7. The molecule has 1 aliphatic heterocycles. The molecule has 0 bridgehead atoms. The Morgan fingerprint density at radius 1 is 0.771 bits per heavy atom. The lowest BCUT2D eigenvalue weighted by atomic mass is 10.1. The van der Waals surface area contributed by atoms with Gasteiger partial charge in [0.1, 0.15) is 11.2 Å². The fourth-order valence-corrected chi connectivity index (χ4v) is 8.95. The van der Waals surface area contributed by atoms with Gasteiger partial charge in [0.25, 0.3) is 5.01 Å². The van der Waals surface area contributed by atoms with Crippen LogP contribution in [0.2, 0.25) is 0 Å². The standard InChI is InChI=1S/C43H44N3S2/c1-5-27-44-37-29-31(3)17-23-39(37)47-41(44)25-21-33-19-20-34(22-26-42-45(28-6-2)38-30-32(4)18-24-40(38)48-42)43(33)46(35-13-9-7-10-14-35)36-15-11-8-12-16-36/h7-18,21-26,29-30H,5-6,19-20,27-28H2,1-4H3/q+1. The van der Waals surface area contributed by atoms with E-state index in [0.717, 1.165) is 38.8 Å². The number of aryl methyl sites for hydroxylation is 3. The Hall–Kier alpha value is -4.32. The van der Waals surface area contributed by atoms with E-state index >= 15 is 0 Å². The lowest BCUT2D eigenvalue weighted by Crippen LogP contribution is -2.34. The van der Waals surface area contributed by atoms with Gasteiger partial charge < -0.3 is 9.80 Å². The Bertz CT molecular complexity index is 2010. The maximum Gasteiger partial charge on any atom is 0.262 e. The molecule has 0 amide bonds. The van der Waals surface area contributed by atoms with Crippen LogP contribution in [0.15, 0.2) is 142 Å². The van der Waals surface area contributed by atoms with Crippen LogP contribution in [-0.4, -0.2) is 6.54 Å². The zero-order chi connectivity index (χ0) is 33.0. The number of hydrogen-bond donors (Lipinski definition) is 0. The number of allylic oxidation sites excluding steroid dienone is 5. The van der Waals surface area contributed by atoms with Crippen LogP contribution in [0.4, 0.5) is 17.1 Å². The smallest absolute Gasteiger partial charge is 0.262 e. The molecule has 2 aliphatic rings. The van der Waals surface area contributed by atoms with Crippen molar-refractivity contribution in [1.82, 2.24) is 0 Å². The highest BCUT2D eigenvalue weighted by atomic mass is 32.2. The molecule has 0 saturated carbocycles. The quantitative estimate of drug-likeness (QED) is 0.137. The molecule has 3 nitrogen and oxygen atoms in total. The first-order chi connectivity index (χ1) is 23.5. The largest absolute Gasteiger partial charge is 0.335 e. The van der Waals surface area contributed by atoms with Gasteiger partial charge in [-0.3, -0.25) is 0 Å². The number of hydrogen-bond acceptors (Lipinski definition) is 4. The number of aromatic nitrogens is 1. The van der Waals surface area contributed by atoms with Gasteiger partial charge in [0, 0.05) is 41.4 Å². The van der Waals surface area contributed by atoms with Crippen LogP contribution in [0.5, 0.6) is 0 Å². The summed E-state index contributed by atoms with van der Waals surface area (Å²) in [4.78, 5) is 6.32. The van der Waals surface area contributed by atoms with Crippen LogP contribution in [0.3, 0.4) is 0 Å². The highest BCUT2D eigenvalue weighted by Gasteiger charge is 2.28. The molecule has 7 rings (SSSR count). The van der Waals surface area contributed by atoms with E-state index in [-0.39, 0.29) is 0 Å².